The molecule has 0 aliphatic carbocycles. The van der Waals surface area contributed by atoms with Crippen molar-refractivity contribution in [1.82, 2.24) is 0 Å². The van der Waals surface area contributed by atoms with Gasteiger partial charge in [-0.3, -0.25) is 0 Å². The number of methoxy groups -OCH3 is 2. The van der Waals surface area contributed by atoms with Crippen molar-refractivity contribution in [2.45, 2.75) is 51.9 Å². The number of benzene rings is 1. The average Bonchev–Trinajstić information content (AvgIpc) is 2.24. The summed E-state index contributed by atoms with van der Waals surface area (Å²) in [4.78, 5) is 0. The molecule has 0 saturated carbocycles. The summed E-state index contributed by atoms with van der Waals surface area (Å²) in [6, 6.07) is 6.25. The van der Waals surface area contributed by atoms with E-state index in [1.165, 1.54) is 5.30 Å². The van der Waals surface area contributed by atoms with Gasteiger partial charge in [0, 0.05) is 6.07 Å². The third kappa shape index (κ3) is 4.11. The zero-order valence-corrected chi connectivity index (χ0v) is 14.4. The molecule has 1 aromatic carbocycles. The van der Waals surface area contributed by atoms with Crippen molar-refractivity contribution >= 4 is 13.2 Å². The van der Waals surface area contributed by atoms with Gasteiger partial charge in [-0.2, -0.15) is 0 Å². The summed E-state index contributed by atoms with van der Waals surface area (Å²) in [5, 5.41) is 1.82. The summed E-state index contributed by atoms with van der Waals surface area (Å²) < 4.78 is 10.8. The molecule has 0 radical (unpaired) electrons. The second-order valence-corrected chi connectivity index (χ2v) is 10.6. The molecule has 0 amide bonds. The molecule has 1 aromatic rings. The minimum absolute atomic E-state index is 0.241. The van der Waals surface area contributed by atoms with Crippen LogP contribution in [0.4, 0.5) is 0 Å². The monoisotopic (exact) mass is 282 g/mol. The second-order valence-electron chi connectivity index (χ2n) is 6.75. The first kappa shape index (κ1) is 16.3. The Morgan fingerprint density at radius 2 is 1.11 bits per heavy atom. The van der Waals surface area contributed by atoms with Gasteiger partial charge in [0.2, 0.25) is 0 Å². The molecule has 0 aliphatic rings. The summed E-state index contributed by atoms with van der Waals surface area (Å²) >= 11 is 0. The minimum Gasteiger partial charge on any atom is -0.497 e. The molecule has 19 heavy (non-hydrogen) atoms. The van der Waals surface area contributed by atoms with Crippen molar-refractivity contribution in [2.75, 3.05) is 14.2 Å². The lowest BCUT2D eigenvalue weighted by atomic mass is 10.2. The van der Waals surface area contributed by atoms with E-state index in [0.29, 0.717) is 0 Å². The second kappa shape index (κ2) is 5.71. The lowest BCUT2D eigenvalue weighted by molar-refractivity contribution is 0.395. The Morgan fingerprint density at radius 1 is 0.737 bits per heavy atom. The van der Waals surface area contributed by atoms with Crippen molar-refractivity contribution < 1.29 is 9.47 Å². The van der Waals surface area contributed by atoms with Gasteiger partial charge in [0.1, 0.15) is 11.5 Å². The van der Waals surface area contributed by atoms with Crippen LogP contribution < -0.4 is 14.8 Å². The average molecular weight is 282 g/mol. The van der Waals surface area contributed by atoms with E-state index in [0.717, 1.165) is 11.5 Å². The molecule has 2 nitrogen and oxygen atoms in total. The summed E-state index contributed by atoms with van der Waals surface area (Å²) in [6.07, 6.45) is 0. The Bertz CT molecular complexity index is 391. The van der Waals surface area contributed by atoms with Crippen LogP contribution in [0.3, 0.4) is 0 Å². The first-order valence-corrected chi connectivity index (χ1v) is 7.97. The van der Waals surface area contributed by atoms with Crippen LogP contribution in [0.15, 0.2) is 18.2 Å². The van der Waals surface area contributed by atoms with Crippen LogP contribution in [-0.4, -0.2) is 24.5 Å². The Kier molecular flexibility index (Phi) is 4.90. The van der Waals surface area contributed by atoms with Crippen molar-refractivity contribution in [2.24, 2.45) is 0 Å². The van der Waals surface area contributed by atoms with Gasteiger partial charge in [-0.15, -0.1) is 0 Å². The molecule has 0 N–H and O–H groups in total. The van der Waals surface area contributed by atoms with E-state index in [2.05, 4.69) is 53.7 Å². The van der Waals surface area contributed by atoms with E-state index in [4.69, 9.17) is 9.47 Å². The van der Waals surface area contributed by atoms with Crippen LogP contribution in [0.5, 0.6) is 11.5 Å². The van der Waals surface area contributed by atoms with Gasteiger partial charge in [-0.05, 0) is 27.7 Å². The van der Waals surface area contributed by atoms with Crippen molar-refractivity contribution in [1.29, 1.82) is 0 Å². The Hall–Kier alpha value is -0.750. The lowest BCUT2D eigenvalue weighted by Crippen LogP contribution is -2.31. The molecule has 0 fully saturated rings. The van der Waals surface area contributed by atoms with Gasteiger partial charge in [-0.25, -0.2) is 0 Å². The molecular weight excluding hydrogens is 255 g/mol. The first-order valence-electron chi connectivity index (χ1n) is 6.63. The van der Waals surface area contributed by atoms with E-state index < -0.39 is 0 Å². The highest BCUT2D eigenvalue weighted by molar-refractivity contribution is 7.68. The Balaban J connectivity index is 3.38. The highest BCUT2D eigenvalue weighted by Gasteiger charge is 2.36. The van der Waals surface area contributed by atoms with Crippen LogP contribution in [0.25, 0.3) is 0 Å². The predicted octanol–water partition coefficient (Wildman–Crippen LogP) is 4.41. The summed E-state index contributed by atoms with van der Waals surface area (Å²) in [7, 11) is 3.07. The van der Waals surface area contributed by atoms with Gasteiger partial charge in [0.05, 0.1) is 14.2 Å². The van der Waals surface area contributed by atoms with Crippen molar-refractivity contribution in [3.63, 3.8) is 0 Å². The number of hydrogen-bond donors (Lipinski definition) is 0. The standard InChI is InChI=1S/C16H27O2P/c1-15(2,3)19(16(4,5)6)14-10-12(17-7)9-13(11-14)18-8/h9-11H,1-8H3. The summed E-state index contributed by atoms with van der Waals surface area (Å²) in [5.74, 6) is 1.74. The molecule has 0 aromatic heterocycles. The molecular formula is C16H27O2P. The third-order valence-electron chi connectivity index (χ3n) is 2.94. The Labute approximate surface area is 119 Å². The summed E-state index contributed by atoms with van der Waals surface area (Å²) in [5.41, 5.74) is 0. The fraction of sp³-hybridized carbons (Fsp3) is 0.625. The molecule has 0 bridgehead atoms. The highest BCUT2D eigenvalue weighted by Crippen LogP contribution is 2.58. The molecule has 1 rings (SSSR count). The predicted molar refractivity (Wildman–Crippen MR) is 85.6 cm³/mol. The fourth-order valence-corrected chi connectivity index (χ4v) is 6.78. The van der Waals surface area contributed by atoms with Gasteiger partial charge >= 0.3 is 0 Å². The van der Waals surface area contributed by atoms with Crippen LogP contribution >= 0.6 is 7.92 Å². The van der Waals surface area contributed by atoms with Gasteiger partial charge in [0.15, 0.2) is 0 Å². The highest BCUT2D eigenvalue weighted by atomic mass is 31.1. The van der Waals surface area contributed by atoms with E-state index in [1.54, 1.807) is 14.2 Å². The normalized spacial score (nSPS) is 12.7. The van der Waals surface area contributed by atoms with E-state index in [1.807, 2.05) is 6.07 Å². The third-order valence-corrected chi connectivity index (χ3v) is 6.39. The molecule has 0 unspecified atom stereocenters. The molecule has 3 heteroatoms. The van der Waals surface area contributed by atoms with Crippen LogP contribution in [0.2, 0.25) is 0 Å². The molecule has 0 saturated heterocycles. The molecule has 0 heterocycles. The minimum atomic E-state index is -0.342. The lowest BCUT2D eigenvalue weighted by Gasteiger charge is -2.42. The van der Waals surface area contributed by atoms with E-state index in [-0.39, 0.29) is 18.2 Å². The first-order chi connectivity index (χ1) is 8.59. The van der Waals surface area contributed by atoms with Gasteiger partial charge in [0.25, 0.3) is 0 Å². The van der Waals surface area contributed by atoms with E-state index >= 15 is 0 Å². The van der Waals surface area contributed by atoms with Crippen molar-refractivity contribution in [3.8, 4) is 11.5 Å². The molecule has 108 valence electrons. The van der Waals surface area contributed by atoms with Crippen LogP contribution in [-0.2, 0) is 0 Å². The smallest absolute Gasteiger partial charge is 0.123 e. The number of hydrogen-bond acceptors (Lipinski definition) is 2. The zero-order chi connectivity index (χ0) is 14.8. The number of rotatable bonds is 3. The maximum atomic E-state index is 5.40. The van der Waals surface area contributed by atoms with Crippen molar-refractivity contribution in [3.05, 3.63) is 18.2 Å². The molecule has 0 aliphatic heterocycles. The summed E-state index contributed by atoms with van der Waals surface area (Å²) in [6.45, 7) is 13.9. The molecule has 0 atom stereocenters. The zero-order valence-electron chi connectivity index (χ0n) is 13.5. The van der Waals surface area contributed by atoms with Gasteiger partial charge < -0.3 is 9.47 Å². The fourth-order valence-electron chi connectivity index (χ4n) is 2.70. The quantitative estimate of drug-likeness (QED) is 0.765. The topological polar surface area (TPSA) is 18.5 Å². The maximum Gasteiger partial charge on any atom is 0.123 e. The number of ether oxygens (including phenoxy) is 2. The largest absolute Gasteiger partial charge is 0.497 e. The van der Waals surface area contributed by atoms with Crippen LogP contribution in [0.1, 0.15) is 41.5 Å². The van der Waals surface area contributed by atoms with Gasteiger partial charge in [-0.1, -0.05) is 49.5 Å². The maximum absolute atomic E-state index is 5.40. The molecule has 0 spiro atoms. The van der Waals surface area contributed by atoms with E-state index in [9.17, 15) is 0 Å². The SMILES string of the molecule is COc1cc(OC)cc(P(C(C)(C)C)C(C)(C)C)c1. The Morgan fingerprint density at radius 3 is 1.37 bits per heavy atom. The van der Waals surface area contributed by atoms with Crippen LogP contribution in [0, 0.1) is 0 Å².